The van der Waals surface area contributed by atoms with Gasteiger partial charge in [0.1, 0.15) is 5.75 Å². The smallest absolute Gasteiger partial charge is 0.258 e. The molecule has 5 heteroatoms. The molecule has 0 saturated heterocycles. The monoisotopic (exact) mass is 357 g/mol. The van der Waals surface area contributed by atoms with Crippen molar-refractivity contribution >= 4 is 5.91 Å². The molecule has 1 amide bonds. The van der Waals surface area contributed by atoms with Crippen molar-refractivity contribution < 1.29 is 19.0 Å². The van der Waals surface area contributed by atoms with Gasteiger partial charge in [-0.1, -0.05) is 38.1 Å². The Bertz CT molecular complexity index is 697. The average molecular weight is 357 g/mol. The molecular weight excluding hydrogens is 330 g/mol. The predicted octanol–water partition coefficient (Wildman–Crippen LogP) is 3.99. The Morgan fingerprint density at radius 3 is 2.15 bits per heavy atom. The number of carbonyl (C=O) groups excluding carboxylic acids is 1. The standard InChI is InChI=1S/C21H27NO4/c1-5-25-18-8-6-7-9-19(18)26-14-20(23)22-21(15(2)3)16-10-12-17(24-4)13-11-16/h6-13,15,21H,5,14H2,1-4H3,(H,22,23)/t21-/m1/s1. The summed E-state index contributed by atoms with van der Waals surface area (Å²) in [6.45, 7) is 6.52. The minimum atomic E-state index is -0.175. The van der Waals surface area contributed by atoms with Crippen LogP contribution in [0.1, 0.15) is 32.4 Å². The largest absolute Gasteiger partial charge is 0.497 e. The predicted molar refractivity (Wildman–Crippen MR) is 102 cm³/mol. The van der Waals surface area contributed by atoms with Gasteiger partial charge in [-0.3, -0.25) is 4.79 Å². The van der Waals surface area contributed by atoms with Gasteiger partial charge in [0.15, 0.2) is 18.1 Å². The second-order valence-corrected chi connectivity index (χ2v) is 6.23. The van der Waals surface area contributed by atoms with Crippen LogP contribution in [0.5, 0.6) is 17.2 Å². The van der Waals surface area contributed by atoms with Gasteiger partial charge in [-0.25, -0.2) is 0 Å². The molecule has 2 aromatic rings. The molecule has 1 N–H and O–H groups in total. The van der Waals surface area contributed by atoms with Gasteiger partial charge in [0, 0.05) is 0 Å². The Morgan fingerprint density at radius 1 is 1.00 bits per heavy atom. The van der Waals surface area contributed by atoms with Gasteiger partial charge in [0.25, 0.3) is 5.91 Å². The third kappa shape index (κ3) is 5.41. The van der Waals surface area contributed by atoms with Crippen molar-refractivity contribution in [3.63, 3.8) is 0 Å². The SMILES string of the molecule is CCOc1ccccc1OCC(=O)N[C@@H](c1ccc(OC)cc1)C(C)C. The number of nitrogens with one attached hydrogen (secondary N) is 1. The molecule has 0 aromatic heterocycles. The zero-order chi connectivity index (χ0) is 18.9. The van der Waals surface area contributed by atoms with Crippen LogP contribution < -0.4 is 19.5 Å². The Labute approximate surface area is 155 Å². The van der Waals surface area contributed by atoms with Crippen LogP contribution in [0, 0.1) is 5.92 Å². The Kier molecular flexibility index (Phi) is 7.33. The van der Waals surface area contributed by atoms with Crippen molar-refractivity contribution in [3.8, 4) is 17.2 Å². The fourth-order valence-electron chi connectivity index (χ4n) is 2.65. The van der Waals surface area contributed by atoms with E-state index in [1.165, 1.54) is 0 Å². The van der Waals surface area contributed by atoms with E-state index in [1.54, 1.807) is 13.2 Å². The van der Waals surface area contributed by atoms with Crippen molar-refractivity contribution in [2.75, 3.05) is 20.3 Å². The number of rotatable bonds is 9. The summed E-state index contributed by atoms with van der Waals surface area (Å²) < 4.78 is 16.3. The van der Waals surface area contributed by atoms with Gasteiger partial charge in [-0.2, -0.15) is 0 Å². The summed E-state index contributed by atoms with van der Waals surface area (Å²) >= 11 is 0. The minimum Gasteiger partial charge on any atom is -0.497 e. The van der Waals surface area contributed by atoms with Crippen LogP contribution in [0.3, 0.4) is 0 Å². The number of hydrogen-bond acceptors (Lipinski definition) is 4. The van der Waals surface area contributed by atoms with Crippen LogP contribution >= 0.6 is 0 Å². The van der Waals surface area contributed by atoms with Crippen molar-refractivity contribution in [1.29, 1.82) is 0 Å². The number of para-hydroxylation sites is 2. The Balaban J connectivity index is 1.99. The Hall–Kier alpha value is -2.69. The quantitative estimate of drug-likeness (QED) is 0.737. The van der Waals surface area contributed by atoms with Crippen LogP contribution in [0.25, 0.3) is 0 Å². The molecule has 140 valence electrons. The number of methoxy groups -OCH3 is 1. The Morgan fingerprint density at radius 2 is 1.62 bits per heavy atom. The molecule has 0 aliphatic carbocycles. The lowest BCUT2D eigenvalue weighted by Gasteiger charge is -2.23. The minimum absolute atomic E-state index is 0.0660. The zero-order valence-corrected chi connectivity index (χ0v) is 15.8. The molecule has 0 aliphatic heterocycles. The van der Waals surface area contributed by atoms with Gasteiger partial charge in [0.2, 0.25) is 0 Å². The summed E-state index contributed by atoms with van der Waals surface area (Å²) in [5, 5.41) is 3.05. The molecule has 0 fully saturated rings. The highest BCUT2D eigenvalue weighted by Gasteiger charge is 2.19. The third-order valence-electron chi connectivity index (χ3n) is 3.97. The number of ether oxygens (including phenoxy) is 3. The molecule has 0 heterocycles. The molecule has 1 atom stereocenters. The van der Waals surface area contributed by atoms with Gasteiger partial charge in [0.05, 0.1) is 19.8 Å². The topological polar surface area (TPSA) is 56.8 Å². The summed E-state index contributed by atoms with van der Waals surface area (Å²) in [7, 11) is 1.63. The van der Waals surface area contributed by atoms with E-state index in [4.69, 9.17) is 14.2 Å². The van der Waals surface area contributed by atoms with Crippen LogP contribution in [-0.2, 0) is 4.79 Å². The molecule has 0 unspecified atom stereocenters. The molecule has 2 aromatic carbocycles. The van der Waals surface area contributed by atoms with E-state index in [9.17, 15) is 4.79 Å². The van der Waals surface area contributed by atoms with Crippen molar-refractivity contribution in [3.05, 3.63) is 54.1 Å². The summed E-state index contributed by atoms with van der Waals surface area (Å²) in [5.74, 6) is 2.06. The molecule has 2 rings (SSSR count). The maximum absolute atomic E-state index is 12.4. The van der Waals surface area contributed by atoms with Gasteiger partial charge >= 0.3 is 0 Å². The lowest BCUT2D eigenvalue weighted by molar-refractivity contribution is -0.124. The van der Waals surface area contributed by atoms with Gasteiger partial charge < -0.3 is 19.5 Å². The van der Waals surface area contributed by atoms with Crippen molar-refractivity contribution in [1.82, 2.24) is 5.32 Å². The first kappa shape index (κ1) is 19.6. The molecular formula is C21H27NO4. The molecule has 0 aliphatic rings. The summed E-state index contributed by atoms with van der Waals surface area (Å²) in [6.07, 6.45) is 0. The fourth-order valence-corrected chi connectivity index (χ4v) is 2.65. The van der Waals surface area contributed by atoms with Crippen molar-refractivity contribution in [2.45, 2.75) is 26.8 Å². The van der Waals surface area contributed by atoms with Crippen LogP contribution in [0.2, 0.25) is 0 Å². The summed E-state index contributed by atoms with van der Waals surface area (Å²) in [5.41, 5.74) is 1.03. The lowest BCUT2D eigenvalue weighted by Crippen LogP contribution is -2.35. The summed E-state index contributed by atoms with van der Waals surface area (Å²) in [4.78, 5) is 12.4. The van der Waals surface area contributed by atoms with Crippen molar-refractivity contribution in [2.24, 2.45) is 5.92 Å². The van der Waals surface area contributed by atoms with Crippen LogP contribution in [0.4, 0.5) is 0 Å². The summed E-state index contributed by atoms with van der Waals surface area (Å²) in [6, 6.07) is 15.0. The average Bonchev–Trinajstić information content (AvgIpc) is 2.65. The first-order chi connectivity index (χ1) is 12.5. The first-order valence-corrected chi connectivity index (χ1v) is 8.83. The normalized spacial score (nSPS) is 11.7. The second kappa shape index (κ2) is 9.70. The van der Waals surface area contributed by atoms with Crippen LogP contribution in [0.15, 0.2) is 48.5 Å². The lowest BCUT2D eigenvalue weighted by atomic mass is 9.96. The van der Waals surface area contributed by atoms with E-state index >= 15 is 0 Å². The van der Waals surface area contributed by atoms with E-state index in [1.807, 2.05) is 49.4 Å². The van der Waals surface area contributed by atoms with Crippen LogP contribution in [-0.4, -0.2) is 26.2 Å². The number of amides is 1. The molecule has 0 saturated carbocycles. The highest BCUT2D eigenvalue weighted by atomic mass is 16.5. The van der Waals surface area contributed by atoms with E-state index in [0.717, 1.165) is 11.3 Å². The molecule has 26 heavy (non-hydrogen) atoms. The highest BCUT2D eigenvalue weighted by molar-refractivity contribution is 5.78. The van der Waals surface area contributed by atoms with E-state index < -0.39 is 0 Å². The second-order valence-electron chi connectivity index (χ2n) is 6.23. The number of hydrogen-bond donors (Lipinski definition) is 1. The molecule has 0 spiro atoms. The highest BCUT2D eigenvalue weighted by Crippen LogP contribution is 2.27. The van der Waals surface area contributed by atoms with E-state index in [0.29, 0.717) is 18.1 Å². The maximum atomic E-state index is 12.4. The van der Waals surface area contributed by atoms with E-state index in [2.05, 4.69) is 19.2 Å². The maximum Gasteiger partial charge on any atom is 0.258 e. The fraction of sp³-hybridized carbons (Fsp3) is 0.381. The van der Waals surface area contributed by atoms with Gasteiger partial charge in [-0.15, -0.1) is 0 Å². The zero-order valence-electron chi connectivity index (χ0n) is 15.8. The number of benzene rings is 2. The van der Waals surface area contributed by atoms with E-state index in [-0.39, 0.29) is 24.5 Å². The first-order valence-electron chi connectivity index (χ1n) is 8.83. The molecule has 0 radical (unpaired) electrons. The van der Waals surface area contributed by atoms with Gasteiger partial charge in [-0.05, 0) is 42.7 Å². The molecule has 5 nitrogen and oxygen atoms in total. The third-order valence-corrected chi connectivity index (χ3v) is 3.97. The molecule has 0 bridgehead atoms. The number of carbonyl (C=O) groups is 1.